The molecular formula is C24H24N6O2S. The van der Waals surface area contributed by atoms with E-state index in [1.54, 1.807) is 42.6 Å². The Bertz CT molecular complexity index is 1400. The van der Waals surface area contributed by atoms with E-state index in [4.69, 9.17) is 0 Å². The molecule has 2 aromatic heterocycles. The SMILES string of the molecule is Cc1nccn1-c1cc(Nc2ccc(NS(=O)(=O)c3ccc4c(c3)CCCC4)cc2)ncn1. The number of hydrogen-bond acceptors (Lipinski definition) is 6. The summed E-state index contributed by atoms with van der Waals surface area (Å²) in [6.45, 7) is 1.90. The van der Waals surface area contributed by atoms with Crippen LogP contribution in [0.5, 0.6) is 0 Å². The summed E-state index contributed by atoms with van der Waals surface area (Å²) in [5.41, 5.74) is 3.67. The van der Waals surface area contributed by atoms with E-state index in [9.17, 15) is 8.42 Å². The molecule has 33 heavy (non-hydrogen) atoms. The van der Waals surface area contributed by atoms with Crippen molar-refractivity contribution in [3.05, 3.63) is 84.2 Å². The van der Waals surface area contributed by atoms with E-state index in [0.29, 0.717) is 22.2 Å². The van der Waals surface area contributed by atoms with E-state index in [-0.39, 0.29) is 0 Å². The number of nitrogens with one attached hydrogen (secondary N) is 2. The van der Waals surface area contributed by atoms with Gasteiger partial charge < -0.3 is 5.32 Å². The molecule has 0 saturated carbocycles. The lowest BCUT2D eigenvalue weighted by Crippen LogP contribution is -2.14. The van der Waals surface area contributed by atoms with E-state index in [0.717, 1.165) is 42.8 Å². The van der Waals surface area contributed by atoms with E-state index in [2.05, 4.69) is 25.0 Å². The number of sulfonamides is 1. The van der Waals surface area contributed by atoms with Crippen LogP contribution in [0.15, 0.2) is 72.1 Å². The molecule has 0 bridgehead atoms. The van der Waals surface area contributed by atoms with Crippen molar-refractivity contribution in [1.29, 1.82) is 0 Å². The number of fused-ring (bicyclic) bond motifs is 1. The smallest absolute Gasteiger partial charge is 0.261 e. The van der Waals surface area contributed by atoms with Gasteiger partial charge in [0, 0.05) is 29.8 Å². The van der Waals surface area contributed by atoms with Crippen molar-refractivity contribution in [3.8, 4) is 5.82 Å². The lowest BCUT2D eigenvalue weighted by Gasteiger charge is -2.17. The molecule has 9 heteroatoms. The van der Waals surface area contributed by atoms with Gasteiger partial charge in [-0.15, -0.1) is 0 Å². The molecule has 0 spiro atoms. The second-order valence-corrected chi connectivity index (χ2v) is 9.73. The fourth-order valence-corrected chi connectivity index (χ4v) is 5.14. The second-order valence-electron chi connectivity index (χ2n) is 8.05. The highest BCUT2D eigenvalue weighted by Crippen LogP contribution is 2.26. The van der Waals surface area contributed by atoms with Gasteiger partial charge in [0.15, 0.2) is 0 Å². The summed E-state index contributed by atoms with van der Waals surface area (Å²) >= 11 is 0. The monoisotopic (exact) mass is 460 g/mol. The van der Waals surface area contributed by atoms with Gasteiger partial charge >= 0.3 is 0 Å². The van der Waals surface area contributed by atoms with Crippen LogP contribution in [0.2, 0.25) is 0 Å². The Kier molecular flexibility index (Phi) is 5.55. The molecule has 1 aliphatic carbocycles. The van der Waals surface area contributed by atoms with Gasteiger partial charge in [0.05, 0.1) is 4.90 Å². The molecule has 2 heterocycles. The standard InChI is InChI=1S/C24H24N6O2S/c1-17-25-12-13-30(17)24-15-23(26-16-27-24)28-20-7-9-21(10-8-20)29-33(31,32)22-11-6-18-4-2-3-5-19(18)14-22/h6-16,29H,2-5H2,1H3,(H,26,27,28). The predicted molar refractivity (Wildman–Crippen MR) is 128 cm³/mol. The minimum absolute atomic E-state index is 0.300. The Morgan fingerprint density at radius 3 is 2.39 bits per heavy atom. The molecule has 0 fully saturated rings. The van der Waals surface area contributed by atoms with Crippen LogP contribution in [0.4, 0.5) is 17.2 Å². The average molecular weight is 461 g/mol. The number of nitrogens with zero attached hydrogens (tertiary/aromatic N) is 4. The summed E-state index contributed by atoms with van der Waals surface area (Å²) in [6.07, 6.45) is 9.26. The fraction of sp³-hybridized carbons (Fsp3) is 0.208. The normalized spacial score (nSPS) is 13.4. The van der Waals surface area contributed by atoms with Gasteiger partial charge in [-0.05, 0) is 80.1 Å². The Hall–Kier alpha value is -3.72. The zero-order valence-electron chi connectivity index (χ0n) is 18.2. The van der Waals surface area contributed by atoms with Crippen molar-refractivity contribution in [3.63, 3.8) is 0 Å². The predicted octanol–water partition coefficient (Wildman–Crippen LogP) is 4.39. The van der Waals surface area contributed by atoms with E-state index in [1.165, 1.54) is 11.9 Å². The van der Waals surface area contributed by atoms with Crippen LogP contribution in [0.3, 0.4) is 0 Å². The number of imidazole rings is 1. The summed E-state index contributed by atoms with van der Waals surface area (Å²) in [7, 11) is -3.65. The largest absolute Gasteiger partial charge is 0.340 e. The van der Waals surface area contributed by atoms with E-state index < -0.39 is 10.0 Å². The lowest BCUT2D eigenvalue weighted by atomic mass is 9.92. The molecule has 2 N–H and O–H groups in total. The second kappa shape index (κ2) is 8.67. The molecule has 0 amide bonds. The van der Waals surface area contributed by atoms with Gasteiger partial charge in [0.1, 0.15) is 23.8 Å². The first-order valence-electron chi connectivity index (χ1n) is 10.8. The van der Waals surface area contributed by atoms with Gasteiger partial charge in [-0.1, -0.05) is 6.07 Å². The van der Waals surface area contributed by atoms with Crippen LogP contribution in [-0.4, -0.2) is 27.9 Å². The molecule has 0 atom stereocenters. The Morgan fingerprint density at radius 2 is 1.64 bits per heavy atom. The highest BCUT2D eigenvalue weighted by atomic mass is 32.2. The molecule has 5 rings (SSSR count). The number of hydrogen-bond donors (Lipinski definition) is 2. The maximum absolute atomic E-state index is 12.9. The third kappa shape index (κ3) is 4.58. The Morgan fingerprint density at radius 1 is 0.879 bits per heavy atom. The molecule has 8 nitrogen and oxygen atoms in total. The Labute approximate surface area is 192 Å². The number of anilines is 3. The lowest BCUT2D eigenvalue weighted by molar-refractivity contribution is 0.600. The zero-order valence-corrected chi connectivity index (χ0v) is 19.0. The van der Waals surface area contributed by atoms with Crippen LogP contribution >= 0.6 is 0 Å². The highest BCUT2D eigenvalue weighted by Gasteiger charge is 2.18. The summed E-state index contributed by atoms with van der Waals surface area (Å²) in [6, 6.07) is 14.3. The summed E-state index contributed by atoms with van der Waals surface area (Å²) in [5.74, 6) is 2.16. The van der Waals surface area contributed by atoms with Crippen molar-refractivity contribution >= 4 is 27.2 Å². The minimum atomic E-state index is -3.65. The highest BCUT2D eigenvalue weighted by molar-refractivity contribution is 7.92. The van der Waals surface area contributed by atoms with E-state index in [1.807, 2.05) is 29.8 Å². The molecule has 4 aromatic rings. The molecule has 0 saturated heterocycles. The van der Waals surface area contributed by atoms with Crippen LogP contribution in [0.1, 0.15) is 29.8 Å². The van der Waals surface area contributed by atoms with Gasteiger partial charge in [0.2, 0.25) is 0 Å². The third-order valence-corrected chi connectivity index (χ3v) is 7.14. The first-order chi connectivity index (χ1) is 16.0. The fourth-order valence-electron chi connectivity index (χ4n) is 4.03. The van der Waals surface area contributed by atoms with Gasteiger partial charge in [-0.3, -0.25) is 9.29 Å². The molecule has 0 radical (unpaired) electrons. The van der Waals surface area contributed by atoms with Gasteiger partial charge in [-0.25, -0.2) is 23.4 Å². The summed E-state index contributed by atoms with van der Waals surface area (Å²) in [4.78, 5) is 13.1. The first-order valence-corrected chi connectivity index (χ1v) is 12.3. The third-order valence-electron chi connectivity index (χ3n) is 5.76. The van der Waals surface area contributed by atoms with Crippen molar-refractivity contribution in [1.82, 2.24) is 19.5 Å². The summed E-state index contributed by atoms with van der Waals surface area (Å²) < 4.78 is 30.3. The van der Waals surface area contributed by atoms with Crippen LogP contribution in [0.25, 0.3) is 5.82 Å². The number of rotatable bonds is 6. The number of aromatic nitrogens is 4. The number of aryl methyl sites for hydroxylation is 3. The van der Waals surface area contributed by atoms with Crippen LogP contribution in [0, 0.1) is 6.92 Å². The van der Waals surface area contributed by atoms with E-state index >= 15 is 0 Å². The first kappa shape index (κ1) is 21.1. The molecule has 1 aliphatic rings. The van der Waals surface area contributed by atoms with Crippen molar-refractivity contribution in [2.45, 2.75) is 37.5 Å². The topological polar surface area (TPSA) is 102 Å². The quantitative estimate of drug-likeness (QED) is 0.442. The Balaban J connectivity index is 1.30. The molecule has 168 valence electrons. The molecule has 0 unspecified atom stereocenters. The van der Waals surface area contributed by atoms with Gasteiger partial charge in [-0.2, -0.15) is 0 Å². The molecular weight excluding hydrogens is 436 g/mol. The maximum Gasteiger partial charge on any atom is 0.261 e. The zero-order chi connectivity index (χ0) is 22.8. The van der Waals surface area contributed by atoms with Crippen molar-refractivity contribution in [2.24, 2.45) is 0 Å². The van der Waals surface area contributed by atoms with Gasteiger partial charge in [0.25, 0.3) is 10.0 Å². The van der Waals surface area contributed by atoms with Crippen molar-refractivity contribution in [2.75, 3.05) is 10.0 Å². The number of benzene rings is 2. The average Bonchev–Trinajstić information content (AvgIpc) is 3.26. The minimum Gasteiger partial charge on any atom is -0.340 e. The molecule has 0 aliphatic heterocycles. The molecule has 2 aromatic carbocycles. The summed E-state index contributed by atoms with van der Waals surface area (Å²) in [5, 5.41) is 3.22. The van der Waals surface area contributed by atoms with Crippen LogP contribution < -0.4 is 10.0 Å². The maximum atomic E-state index is 12.9. The van der Waals surface area contributed by atoms with Crippen molar-refractivity contribution < 1.29 is 8.42 Å². The van der Waals surface area contributed by atoms with Crippen LogP contribution in [-0.2, 0) is 22.9 Å².